The molecule has 2 aromatic rings. The van der Waals surface area contributed by atoms with Crippen LogP contribution in [-0.2, 0) is 30.2 Å². The molecule has 1 heterocycles. The van der Waals surface area contributed by atoms with Crippen molar-refractivity contribution in [1.29, 1.82) is 0 Å². The molecular formula is C34H46N2O6. The van der Waals surface area contributed by atoms with E-state index in [-0.39, 0.29) is 18.6 Å². The van der Waals surface area contributed by atoms with E-state index in [1.807, 2.05) is 63.2 Å². The molecule has 0 spiro atoms. The Morgan fingerprint density at radius 3 is 2.12 bits per heavy atom. The van der Waals surface area contributed by atoms with Crippen LogP contribution in [0.2, 0.25) is 0 Å². The Morgan fingerprint density at radius 2 is 1.57 bits per heavy atom. The average molecular weight is 579 g/mol. The fourth-order valence-electron chi connectivity index (χ4n) is 5.08. The molecule has 8 nitrogen and oxygen atoms in total. The first kappa shape index (κ1) is 32.8. The summed E-state index contributed by atoms with van der Waals surface area (Å²) >= 11 is 0. The zero-order valence-electron chi connectivity index (χ0n) is 26.1. The summed E-state index contributed by atoms with van der Waals surface area (Å²) in [5.74, 6) is -0.420. The molecule has 1 fully saturated rings. The van der Waals surface area contributed by atoms with Crippen LogP contribution in [-0.4, -0.2) is 47.4 Å². The van der Waals surface area contributed by atoms with Gasteiger partial charge in [-0.25, -0.2) is 9.78 Å². The summed E-state index contributed by atoms with van der Waals surface area (Å²) in [5, 5.41) is 0. The third-order valence-corrected chi connectivity index (χ3v) is 6.98. The quantitative estimate of drug-likeness (QED) is 0.230. The molecule has 1 amide bonds. The van der Waals surface area contributed by atoms with Crippen LogP contribution in [0.15, 0.2) is 54.7 Å². The minimum atomic E-state index is -0.610. The maximum Gasteiger partial charge on any atom is 0.416 e. The fraction of sp³-hybridized carbons (Fsp3) is 0.529. The van der Waals surface area contributed by atoms with Crippen molar-refractivity contribution < 1.29 is 28.6 Å². The van der Waals surface area contributed by atoms with Crippen molar-refractivity contribution in [3.8, 4) is 0 Å². The summed E-state index contributed by atoms with van der Waals surface area (Å²) < 4.78 is 16.0. The molecular weight excluding hydrogens is 532 g/mol. The van der Waals surface area contributed by atoms with Crippen molar-refractivity contribution >= 4 is 29.9 Å². The molecule has 228 valence electrons. The Bertz CT molecular complexity index is 1200. The van der Waals surface area contributed by atoms with Gasteiger partial charge in [0.2, 0.25) is 0 Å². The zero-order valence-corrected chi connectivity index (χ0v) is 26.1. The lowest BCUT2D eigenvalue weighted by Crippen LogP contribution is -2.45. The normalized spacial score (nSPS) is 18.3. The summed E-state index contributed by atoms with van der Waals surface area (Å²) in [7, 11) is 1.33. The van der Waals surface area contributed by atoms with Gasteiger partial charge in [-0.15, -0.1) is 0 Å². The van der Waals surface area contributed by atoms with Crippen molar-refractivity contribution in [1.82, 2.24) is 4.98 Å². The van der Waals surface area contributed by atoms with Crippen LogP contribution in [0.25, 0.3) is 6.08 Å². The van der Waals surface area contributed by atoms with Gasteiger partial charge in [0.05, 0.1) is 19.4 Å². The van der Waals surface area contributed by atoms with Gasteiger partial charge >= 0.3 is 18.0 Å². The number of hydrogen-bond acceptors (Lipinski definition) is 7. The number of anilines is 1. The summed E-state index contributed by atoms with van der Waals surface area (Å²) in [6.07, 6.45) is 9.69. The Kier molecular flexibility index (Phi) is 11.3. The van der Waals surface area contributed by atoms with Gasteiger partial charge in [-0.05, 0) is 103 Å². The molecule has 8 heteroatoms. The molecule has 0 bridgehead atoms. The number of ether oxygens (including phenoxy) is 3. The molecule has 1 aliphatic carbocycles. The van der Waals surface area contributed by atoms with Crippen molar-refractivity contribution in [3.63, 3.8) is 0 Å². The van der Waals surface area contributed by atoms with Gasteiger partial charge in [0.1, 0.15) is 17.0 Å². The number of benzene rings is 1. The molecule has 3 rings (SSSR count). The van der Waals surface area contributed by atoms with Gasteiger partial charge in [-0.1, -0.05) is 42.5 Å². The smallest absolute Gasteiger partial charge is 0.416 e. The first-order valence-corrected chi connectivity index (χ1v) is 14.7. The van der Waals surface area contributed by atoms with Crippen LogP contribution in [0.1, 0.15) is 84.8 Å². The standard InChI is InChI=1S/C34H46N2O6/c1-33(2,3)41-30(37)23-27(31(38)40-7)22-26-15-13-24(14-16-26)11-12-25-17-19-28(20-18-25)36(29-10-8-9-21-35-29)32(39)42-34(4,5)6/h8-16,21,25,27-28H,17-20,22-23H2,1-7H3/b12-11+/t25?,27-,28?/m1/s1. The Morgan fingerprint density at radius 1 is 0.929 bits per heavy atom. The van der Waals surface area contributed by atoms with E-state index >= 15 is 0 Å². The largest absolute Gasteiger partial charge is 0.469 e. The van der Waals surface area contributed by atoms with Gasteiger partial charge in [0.15, 0.2) is 0 Å². The predicted octanol–water partition coefficient (Wildman–Crippen LogP) is 7.16. The third kappa shape index (κ3) is 10.6. The lowest BCUT2D eigenvalue weighted by molar-refractivity contribution is -0.160. The van der Waals surface area contributed by atoms with Gasteiger partial charge in [-0.2, -0.15) is 0 Å². The minimum Gasteiger partial charge on any atom is -0.469 e. The average Bonchev–Trinajstić information content (AvgIpc) is 2.91. The van der Waals surface area contributed by atoms with Gasteiger partial charge in [0.25, 0.3) is 0 Å². The molecule has 1 aromatic heterocycles. The molecule has 1 aromatic carbocycles. The number of methoxy groups -OCH3 is 1. The van der Waals surface area contributed by atoms with E-state index in [4.69, 9.17) is 14.2 Å². The van der Waals surface area contributed by atoms with E-state index in [2.05, 4.69) is 17.1 Å². The van der Waals surface area contributed by atoms with Gasteiger partial charge < -0.3 is 14.2 Å². The van der Waals surface area contributed by atoms with Crippen molar-refractivity contribution in [2.24, 2.45) is 11.8 Å². The van der Waals surface area contributed by atoms with E-state index in [1.54, 1.807) is 31.9 Å². The van der Waals surface area contributed by atoms with Crippen LogP contribution in [0.3, 0.4) is 0 Å². The maximum absolute atomic E-state index is 13.1. The molecule has 1 atom stereocenters. The van der Waals surface area contributed by atoms with Crippen molar-refractivity contribution in [2.75, 3.05) is 12.0 Å². The van der Waals surface area contributed by atoms with Crippen molar-refractivity contribution in [3.05, 3.63) is 65.9 Å². The lowest BCUT2D eigenvalue weighted by atomic mass is 9.85. The third-order valence-electron chi connectivity index (χ3n) is 6.98. The van der Waals surface area contributed by atoms with Gasteiger partial charge in [0, 0.05) is 12.2 Å². The SMILES string of the molecule is COC(=O)[C@@H](CC(=O)OC(C)(C)C)Cc1ccc(/C=C/C2CCC(N(C(=O)OC(C)(C)C)c3ccccn3)CC2)cc1. The number of carbonyl (C=O) groups excluding carboxylic acids is 3. The second kappa shape index (κ2) is 14.5. The van der Waals surface area contributed by atoms with Crippen molar-refractivity contribution in [2.45, 2.75) is 97.3 Å². The molecule has 1 aliphatic rings. The second-order valence-corrected chi connectivity index (χ2v) is 12.9. The zero-order chi connectivity index (χ0) is 30.9. The topological polar surface area (TPSA) is 95.0 Å². The number of carbonyl (C=O) groups is 3. The Hall–Kier alpha value is -3.68. The molecule has 1 saturated carbocycles. The molecule has 42 heavy (non-hydrogen) atoms. The van der Waals surface area contributed by atoms with E-state index in [1.165, 1.54) is 7.11 Å². The molecule has 0 radical (unpaired) electrons. The minimum absolute atomic E-state index is 0.0278. The van der Waals surface area contributed by atoms with Crippen LogP contribution >= 0.6 is 0 Å². The van der Waals surface area contributed by atoms with Crippen LogP contribution in [0.5, 0.6) is 0 Å². The second-order valence-electron chi connectivity index (χ2n) is 12.9. The summed E-state index contributed by atoms with van der Waals surface area (Å²) in [5.41, 5.74) is 0.814. The van der Waals surface area contributed by atoms with E-state index in [9.17, 15) is 14.4 Å². The number of aromatic nitrogens is 1. The fourth-order valence-corrected chi connectivity index (χ4v) is 5.08. The lowest BCUT2D eigenvalue weighted by Gasteiger charge is -2.36. The van der Waals surface area contributed by atoms with E-state index in [0.717, 1.165) is 36.8 Å². The van der Waals surface area contributed by atoms with Crippen LogP contribution in [0, 0.1) is 11.8 Å². The number of esters is 2. The number of rotatable bonds is 9. The van der Waals surface area contributed by atoms with Crippen LogP contribution < -0.4 is 4.90 Å². The number of nitrogens with zero attached hydrogens (tertiary/aromatic N) is 2. The number of pyridine rings is 1. The number of amides is 1. The van der Waals surface area contributed by atoms with E-state index < -0.39 is 29.1 Å². The summed E-state index contributed by atoms with van der Waals surface area (Å²) in [6.45, 7) is 11.0. The molecule has 0 N–H and O–H groups in total. The molecule has 0 saturated heterocycles. The first-order valence-electron chi connectivity index (χ1n) is 14.7. The highest BCUT2D eigenvalue weighted by atomic mass is 16.6. The molecule has 0 unspecified atom stereocenters. The van der Waals surface area contributed by atoms with Gasteiger partial charge in [-0.3, -0.25) is 14.5 Å². The summed E-state index contributed by atoms with van der Waals surface area (Å²) in [6, 6.07) is 13.6. The Balaban J connectivity index is 1.58. The highest BCUT2D eigenvalue weighted by Crippen LogP contribution is 2.32. The maximum atomic E-state index is 13.1. The Labute approximate surface area is 250 Å². The highest BCUT2D eigenvalue weighted by molar-refractivity contribution is 5.87. The predicted molar refractivity (Wildman–Crippen MR) is 164 cm³/mol. The monoisotopic (exact) mass is 578 g/mol. The van der Waals surface area contributed by atoms with E-state index in [0.29, 0.717) is 18.2 Å². The highest BCUT2D eigenvalue weighted by Gasteiger charge is 2.33. The summed E-state index contributed by atoms with van der Waals surface area (Å²) in [4.78, 5) is 43.9. The molecule has 0 aliphatic heterocycles. The van der Waals surface area contributed by atoms with Crippen LogP contribution in [0.4, 0.5) is 10.6 Å². The first-order chi connectivity index (χ1) is 19.7. The number of allylic oxidation sites excluding steroid dienone is 1. The number of hydrogen-bond donors (Lipinski definition) is 0.